The van der Waals surface area contributed by atoms with Crippen molar-refractivity contribution in [2.75, 3.05) is 11.9 Å². The van der Waals surface area contributed by atoms with Gasteiger partial charge in [0.25, 0.3) is 0 Å². The highest BCUT2D eigenvalue weighted by molar-refractivity contribution is 5.92. The first kappa shape index (κ1) is 12.7. The van der Waals surface area contributed by atoms with Crippen molar-refractivity contribution in [1.82, 2.24) is 9.78 Å². The number of carbonyl (C=O) groups excluding carboxylic acids is 1. The number of nitrogens with one attached hydrogen (secondary N) is 1. The average Bonchev–Trinajstić information content (AvgIpc) is 2.41. The van der Waals surface area contributed by atoms with Gasteiger partial charge in [-0.25, -0.2) is 0 Å². The largest absolute Gasteiger partial charge is 0.366 e. The third-order valence-electron chi connectivity index (χ3n) is 1.92. The lowest BCUT2D eigenvalue weighted by atomic mass is 10.2. The van der Waals surface area contributed by atoms with Crippen LogP contribution in [0.3, 0.4) is 0 Å². The van der Waals surface area contributed by atoms with E-state index < -0.39 is 0 Å². The molecule has 1 amide bonds. The Morgan fingerprint density at radius 2 is 2.19 bits per heavy atom. The molecule has 0 aliphatic heterocycles. The lowest BCUT2D eigenvalue weighted by Crippen LogP contribution is -2.27. The Balaban J connectivity index is 2.49. The maximum absolute atomic E-state index is 11.5. The van der Waals surface area contributed by atoms with E-state index in [1.807, 2.05) is 34.7 Å². The van der Waals surface area contributed by atoms with Crippen LogP contribution in [0.5, 0.6) is 0 Å². The van der Waals surface area contributed by atoms with Crippen molar-refractivity contribution in [2.45, 2.75) is 33.3 Å². The molecule has 1 rings (SSSR count). The van der Waals surface area contributed by atoms with Crippen molar-refractivity contribution >= 4 is 11.6 Å². The first-order chi connectivity index (χ1) is 7.28. The van der Waals surface area contributed by atoms with Crippen molar-refractivity contribution in [2.24, 2.45) is 7.05 Å². The van der Waals surface area contributed by atoms with Crippen LogP contribution in [0.2, 0.25) is 0 Å². The molecule has 1 heterocycles. The molecule has 0 aliphatic rings. The molecule has 1 aromatic rings. The minimum atomic E-state index is -0.304. The SMILES string of the molecule is Cc1nn(C)cc1NC(=O)COC(C)(C)C. The molecule has 0 bridgehead atoms. The summed E-state index contributed by atoms with van der Waals surface area (Å²) in [6.45, 7) is 7.64. The molecule has 0 unspecified atom stereocenters. The van der Waals surface area contributed by atoms with Crippen LogP contribution in [0.15, 0.2) is 6.20 Å². The van der Waals surface area contributed by atoms with E-state index in [-0.39, 0.29) is 18.1 Å². The number of ether oxygens (including phenoxy) is 1. The molecule has 0 saturated carbocycles. The fourth-order valence-corrected chi connectivity index (χ4v) is 1.19. The fraction of sp³-hybridized carbons (Fsp3) is 0.636. The molecule has 0 aliphatic carbocycles. The monoisotopic (exact) mass is 225 g/mol. The molecular formula is C11H19N3O2. The Morgan fingerprint density at radius 1 is 1.56 bits per heavy atom. The van der Waals surface area contributed by atoms with Gasteiger partial charge in [-0.05, 0) is 27.7 Å². The van der Waals surface area contributed by atoms with E-state index in [1.165, 1.54) is 0 Å². The summed E-state index contributed by atoms with van der Waals surface area (Å²) in [6, 6.07) is 0. The molecule has 90 valence electrons. The van der Waals surface area contributed by atoms with E-state index in [4.69, 9.17) is 4.74 Å². The van der Waals surface area contributed by atoms with E-state index in [1.54, 1.807) is 10.9 Å². The number of hydrogen-bond donors (Lipinski definition) is 1. The highest BCUT2D eigenvalue weighted by atomic mass is 16.5. The van der Waals surface area contributed by atoms with E-state index in [0.29, 0.717) is 0 Å². The normalized spacial score (nSPS) is 11.6. The van der Waals surface area contributed by atoms with Crippen LogP contribution in [-0.4, -0.2) is 27.9 Å². The minimum absolute atomic E-state index is 0.0534. The van der Waals surface area contributed by atoms with Gasteiger partial charge in [-0.15, -0.1) is 0 Å². The minimum Gasteiger partial charge on any atom is -0.366 e. The van der Waals surface area contributed by atoms with Gasteiger partial charge in [0, 0.05) is 13.2 Å². The van der Waals surface area contributed by atoms with Crippen LogP contribution in [0.1, 0.15) is 26.5 Å². The second-order valence-corrected chi connectivity index (χ2v) is 4.75. The van der Waals surface area contributed by atoms with Crippen molar-refractivity contribution in [1.29, 1.82) is 0 Å². The summed E-state index contributed by atoms with van der Waals surface area (Å²) in [5, 5.41) is 6.89. The number of rotatable bonds is 3. The summed E-state index contributed by atoms with van der Waals surface area (Å²) < 4.78 is 7.03. The van der Waals surface area contributed by atoms with Crippen molar-refractivity contribution in [3.8, 4) is 0 Å². The molecule has 0 atom stereocenters. The van der Waals surface area contributed by atoms with Gasteiger partial charge in [-0.2, -0.15) is 5.10 Å². The van der Waals surface area contributed by atoms with E-state index in [0.717, 1.165) is 11.4 Å². The summed E-state index contributed by atoms with van der Waals surface area (Å²) in [4.78, 5) is 11.5. The third kappa shape index (κ3) is 4.02. The summed E-state index contributed by atoms with van der Waals surface area (Å²) in [6.07, 6.45) is 1.77. The second-order valence-electron chi connectivity index (χ2n) is 4.75. The van der Waals surface area contributed by atoms with Gasteiger partial charge in [-0.3, -0.25) is 9.48 Å². The zero-order chi connectivity index (χ0) is 12.3. The number of amides is 1. The Hall–Kier alpha value is -1.36. The lowest BCUT2D eigenvalue weighted by molar-refractivity contribution is -0.125. The lowest BCUT2D eigenvalue weighted by Gasteiger charge is -2.18. The number of carbonyl (C=O) groups is 1. The Bertz CT molecular complexity index is 377. The molecule has 1 aromatic heterocycles. The molecular weight excluding hydrogens is 206 g/mol. The van der Waals surface area contributed by atoms with Crippen molar-refractivity contribution in [3.05, 3.63) is 11.9 Å². The summed E-state index contributed by atoms with van der Waals surface area (Å²) >= 11 is 0. The standard InChI is InChI=1S/C11H19N3O2/c1-8-9(6-14(5)13-8)12-10(15)7-16-11(2,3)4/h6H,7H2,1-5H3,(H,12,15). The highest BCUT2D eigenvalue weighted by Crippen LogP contribution is 2.12. The van der Waals surface area contributed by atoms with Crippen LogP contribution < -0.4 is 5.32 Å². The summed E-state index contributed by atoms with van der Waals surface area (Å²) in [7, 11) is 1.81. The van der Waals surface area contributed by atoms with E-state index in [9.17, 15) is 4.79 Å². The zero-order valence-electron chi connectivity index (χ0n) is 10.5. The number of nitrogens with zero attached hydrogens (tertiary/aromatic N) is 2. The van der Waals surface area contributed by atoms with Gasteiger partial charge < -0.3 is 10.1 Å². The van der Waals surface area contributed by atoms with Gasteiger partial charge >= 0.3 is 0 Å². The predicted octanol–water partition coefficient (Wildman–Crippen LogP) is 1.48. The van der Waals surface area contributed by atoms with Gasteiger partial charge in [0.15, 0.2) is 0 Å². The quantitative estimate of drug-likeness (QED) is 0.847. The van der Waals surface area contributed by atoms with Gasteiger partial charge in [0.1, 0.15) is 6.61 Å². The first-order valence-electron chi connectivity index (χ1n) is 5.22. The molecule has 5 heteroatoms. The van der Waals surface area contributed by atoms with Gasteiger partial charge in [0.2, 0.25) is 5.91 Å². The molecule has 1 N–H and O–H groups in total. The van der Waals surface area contributed by atoms with Crippen molar-refractivity contribution in [3.63, 3.8) is 0 Å². The van der Waals surface area contributed by atoms with Gasteiger partial charge in [-0.1, -0.05) is 0 Å². The average molecular weight is 225 g/mol. The molecule has 0 aromatic carbocycles. The number of anilines is 1. The van der Waals surface area contributed by atoms with Crippen molar-refractivity contribution < 1.29 is 9.53 Å². The Labute approximate surface area is 95.8 Å². The third-order valence-corrected chi connectivity index (χ3v) is 1.92. The summed E-state index contributed by atoms with van der Waals surface area (Å²) in [5.74, 6) is -0.161. The molecule has 16 heavy (non-hydrogen) atoms. The molecule has 0 saturated heterocycles. The first-order valence-corrected chi connectivity index (χ1v) is 5.22. The molecule has 0 fully saturated rings. The topological polar surface area (TPSA) is 56.2 Å². The number of hydrogen-bond acceptors (Lipinski definition) is 3. The van der Waals surface area contributed by atoms with Gasteiger partial charge in [0.05, 0.1) is 17.0 Å². The predicted molar refractivity (Wildman–Crippen MR) is 62.3 cm³/mol. The summed E-state index contributed by atoms with van der Waals surface area (Å²) in [5.41, 5.74) is 1.22. The smallest absolute Gasteiger partial charge is 0.250 e. The van der Waals surface area contributed by atoms with E-state index in [2.05, 4.69) is 10.4 Å². The maximum Gasteiger partial charge on any atom is 0.250 e. The van der Waals surface area contributed by atoms with Crippen LogP contribution in [0, 0.1) is 6.92 Å². The maximum atomic E-state index is 11.5. The van der Waals surface area contributed by atoms with E-state index >= 15 is 0 Å². The number of aryl methyl sites for hydroxylation is 2. The van der Waals surface area contributed by atoms with Crippen LogP contribution in [0.25, 0.3) is 0 Å². The Kier molecular flexibility index (Phi) is 3.70. The molecule has 0 radical (unpaired) electrons. The van der Waals surface area contributed by atoms with Crippen LogP contribution in [-0.2, 0) is 16.6 Å². The molecule has 5 nitrogen and oxygen atoms in total. The number of aromatic nitrogens is 2. The highest BCUT2D eigenvalue weighted by Gasteiger charge is 2.14. The second kappa shape index (κ2) is 4.65. The molecule has 0 spiro atoms. The Morgan fingerprint density at radius 3 is 2.62 bits per heavy atom. The van der Waals surface area contributed by atoms with Crippen LogP contribution in [0.4, 0.5) is 5.69 Å². The fourth-order valence-electron chi connectivity index (χ4n) is 1.19. The zero-order valence-corrected chi connectivity index (χ0v) is 10.5. The van der Waals surface area contributed by atoms with Crippen LogP contribution >= 0.6 is 0 Å².